The number of methoxy groups -OCH3 is 1. The van der Waals surface area contributed by atoms with E-state index in [4.69, 9.17) is 16.3 Å². The van der Waals surface area contributed by atoms with Gasteiger partial charge in [0.1, 0.15) is 4.88 Å². The molecule has 1 heterocycles. The van der Waals surface area contributed by atoms with Crippen molar-refractivity contribution in [2.24, 2.45) is 0 Å². The fraction of sp³-hybridized carbons (Fsp3) is 0.286. The fourth-order valence-electron chi connectivity index (χ4n) is 1.78. The minimum Gasteiger partial charge on any atom is -0.465 e. The number of carbonyl (C=O) groups excluding carboxylic acids is 1. The van der Waals surface area contributed by atoms with Crippen molar-refractivity contribution >= 4 is 34.0 Å². The third-order valence-electron chi connectivity index (χ3n) is 2.85. The number of hydrogen-bond donors (Lipinski definition) is 0. The van der Waals surface area contributed by atoms with E-state index < -0.39 is 0 Å². The molecule has 2 aromatic rings. The summed E-state index contributed by atoms with van der Waals surface area (Å²) < 4.78 is 4.74. The highest BCUT2D eigenvalue weighted by molar-refractivity contribution is 7.17. The molecule has 0 unspecified atom stereocenters. The zero-order chi connectivity index (χ0) is 14.7. The van der Waals surface area contributed by atoms with Crippen LogP contribution in [-0.4, -0.2) is 25.1 Å². The maximum absolute atomic E-state index is 11.6. The summed E-state index contributed by atoms with van der Waals surface area (Å²) in [5.74, 6) is -0.350. The Kier molecular flexibility index (Phi) is 4.62. The molecule has 0 fully saturated rings. The highest BCUT2D eigenvalue weighted by atomic mass is 35.5. The number of halogens is 1. The summed E-state index contributed by atoms with van der Waals surface area (Å²) in [7, 11) is 3.29. The average Bonchev–Trinajstić information content (AvgIpc) is 2.82. The Morgan fingerprint density at radius 3 is 2.80 bits per heavy atom. The summed E-state index contributed by atoms with van der Waals surface area (Å²) in [6.45, 7) is 2.43. The van der Waals surface area contributed by atoms with Gasteiger partial charge in [0.2, 0.25) is 0 Å². The second-order valence-corrected chi connectivity index (χ2v) is 5.73. The highest BCUT2D eigenvalue weighted by Gasteiger charge is 2.18. The molecule has 0 aliphatic heterocycles. The molecule has 0 saturated carbocycles. The fourth-order valence-corrected chi connectivity index (χ4v) is 2.92. The Labute approximate surface area is 127 Å². The van der Waals surface area contributed by atoms with Gasteiger partial charge in [0.05, 0.1) is 12.8 Å². The number of rotatable bonds is 4. The molecule has 4 nitrogen and oxygen atoms in total. The summed E-state index contributed by atoms with van der Waals surface area (Å²) in [6.07, 6.45) is 0. The zero-order valence-corrected chi connectivity index (χ0v) is 13.1. The molecule has 0 radical (unpaired) electrons. The lowest BCUT2D eigenvalue weighted by Gasteiger charge is -2.16. The van der Waals surface area contributed by atoms with Gasteiger partial charge in [-0.15, -0.1) is 0 Å². The molecule has 0 saturated heterocycles. The summed E-state index contributed by atoms with van der Waals surface area (Å²) >= 11 is 7.47. The summed E-state index contributed by atoms with van der Waals surface area (Å²) in [5.41, 5.74) is 1.70. The highest BCUT2D eigenvalue weighted by Crippen LogP contribution is 2.28. The van der Waals surface area contributed by atoms with Crippen LogP contribution in [0.4, 0.5) is 5.13 Å². The SMILES string of the molecule is COC(=O)c1sc(N(C)Cc2ccccc2Cl)nc1C. The molecule has 0 aliphatic rings. The van der Waals surface area contributed by atoms with E-state index in [1.807, 2.05) is 36.2 Å². The van der Waals surface area contributed by atoms with Crippen molar-refractivity contribution in [3.63, 3.8) is 0 Å². The first-order valence-electron chi connectivity index (χ1n) is 6.03. The number of esters is 1. The van der Waals surface area contributed by atoms with Crippen molar-refractivity contribution in [3.05, 3.63) is 45.4 Å². The van der Waals surface area contributed by atoms with Gasteiger partial charge < -0.3 is 9.64 Å². The quantitative estimate of drug-likeness (QED) is 0.810. The zero-order valence-electron chi connectivity index (χ0n) is 11.5. The molecule has 0 spiro atoms. The van der Waals surface area contributed by atoms with Crippen molar-refractivity contribution in [1.82, 2.24) is 4.98 Å². The van der Waals surface area contributed by atoms with Crippen LogP contribution in [0.25, 0.3) is 0 Å². The van der Waals surface area contributed by atoms with Gasteiger partial charge in [-0.25, -0.2) is 9.78 Å². The topological polar surface area (TPSA) is 42.4 Å². The van der Waals surface area contributed by atoms with Gasteiger partial charge >= 0.3 is 5.97 Å². The number of thiazole rings is 1. The van der Waals surface area contributed by atoms with E-state index >= 15 is 0 Å². The van der Waals surface area contributed by atoms with Crippen molar-refractivity contribution in [3.8, 4) is 0 Å². The first-order chi connectivity index (χ1) is 9.52. The molecule has 0 aliphatic carbocycles. The Hall–Kier alpha value is -1.59. The van der Waals surface area contributed by atoms with E-state index in [0.717, 1.165) is 15.7 Å². The Morgan fingerprint density at radius 2 is 2.15 bits per heavy atom. The van der Waals surface area contributed by atoms with Crippen LogP contribution in [0.5, 0.6) is 0 Å². The molecule has 1 aromatic heterocycles. The monoisotopic (exact) mass is 310 g/mol. The molecule has 20 heavy (non-hydrogen) atoms. The first kappa shape index (κ1) is 14.8. The normalized spacial score (nSPS) is 10.4. The van der Waals surface area contributed by atoms with Crippen molar-refractivity contribution in [2.45, 2.75) is 13.5 Å². The van der Waals surface area contributed by atoms with Gasteiger partial charge in [0.25, 0.3) is 0 Å². The number of aryl methyl sites for hydroxylation is 1. The van der Waals surface area contributed by atoms with Gasteiger partial charge in [-0.05, 0) is 18.6 Å². The van der Waals surface area contributed by atoms with E-state index in [9.17, 15) is 4.79 Å². The van der Waals surface area contributed by atoms with Crippen LogP contribution in [0.3, 0.4) is 0 Å². The van der Waals surface area contributed by atoms with Crippen LogP contribution < -0.4 is 4.90 Å². The maximum atomic E-state index is 11.6. The van der Waals surface area contributed by atoms with E-state index in [-0.39, 0.29) is 5.97 Å². The van der Waals surface area contributed by atoms with E-state index in [1.54, 1.807) is 6.92 Å². The van der Waals surface area contributed by atoms with Crippen LogP contribution >= 0.6 is 22.9 Å². The maximum Gasteiger partial charge on any atom is 0.350 e. The van der Waals surface area contributed by atoms with Crippen molar-refractivity contribution < 1.29 is 9.53 Å². The second-order valence-electron chi connectivity index (χ2n) is 4.35. The Bertz CT molecular complexity index is 627. The summed E-state index contributed by atoms with van der Waals surface area (Å²) in [6, 6.07) is 7.68. The lowest BCUT2D eigenvalue weighted by atomic mass is 10.2. The van der Waals surface area contributed by atoms with Gasteiger partial charge in [-0.2, -0.15) is 0 Å². The second kappa shape index (κ2) is 6.24. The average molecular weight is 311 g/mol. The molecular weight excluding hydrogens is 296 g/mol. The minimum absolute atomic E-state index is 0.350. The molecular formula is C14H15ClN2O2S. The van der Waals surface area contributed by atoms with E-state index in [2.05, 4.69) is 4.98 Å². The number of nitrogens with zero attached hydrogens (tertiary/aromatic N) is 2. The van der Waals surface area contributed by atoms with Gasteiger partial charge in [-0.1, -0.05) is 41.1 Å². The van der Waals surface area contributed by atoms with Crippen molar-refractivity contribution in [1.29, 1.82) is 0 Å². The largest absolute Gasteiger partial charge is 0.465 e. The molecule has 0 bridgehead atoms. The molecule has 6 heteroatoms. The number of anilines is 1. The van der Waals surface area contributed by atoms with Gasteiger partial charge in [-0.3, -0.25) is 0 Å². The number of hydrogen-bond acceptors (Lipinski definition) is 5. The van der Waals surface area contributed by atoms with Crippen LogP contribution in [0.2, 0.25) is 5.02 Å². The molecule has 2 rings (SSSR count). The van der Waals surface area contributed by atoms with Crippen LogP contribution in [-0.2, 0) is 11.3 Å². The van der Waals surface area contributed by atoms with Gasteiger partial charge in [0, 0.05) is 18.6 Å². The third-order valence-corrected chi connectivity index (χ3v) is 4.47. The minimum atomic E-state index is -0.350. The molecule has 0 N–H and O–H groups in total. The molecule has 0 amide bonds. The van der Waals surface area contributed by atoms with E-state index in [0.29, 0.717) is 17.1 Å². The predicted octanol–water partition coefficient (Wildman–Crippen LogP) is 3.53. The number of carbonyl (C=O) groups is 1. The smallest absolute Gasteiger partial charge is 0.350 e. The Balaban J connectivity index is 2.20. The molecule has 106 valence electrons. The number of ether oxygens (including phenoxy) is 1. The van der Waals surface area contributed by atoms with Crippen LogP contribution in [0.15, 0.2) is 24.3 Å². The molecule has 1 aromatic carbocycles. The first-order valence-corrected chi connectivity index (χ1v) is 7.22. The number of benzene rings is 1. The van der Waals surface area contributed by atoms with Crippen LogP contribution in [0.1, 0.15) is 20.9 Å². The van der Waals surface area contributed by atoms with Gasteiger partial charge in [0.15, 0.2) is 5.13 Å². The summed E-state index contributed by atoms with van der Waals surface area (Å²) in [5, 5.41) is 1.49. The third kappa shape index (κ3) is 3.11. The lowest BCUT2D eigenvalue weighted by molar-refractivity contribution is 0.0605. The van der Waals surface area contributed by atoms with Crippen LogP contribution in [0, 0.1) is 6.92 Å². The Morgan fingerprint density at radius 1 is 1.45 bits per heavy atom. The number of aromatic nitrogens is 1. The standard InChI is InChI=1S/C14H15ClN2O2S/c1-9-12(13(18)19-3)20-14(16-9)17(2)8-10-6-4-5-7-11(10)15/h4-7H,8H2,1-3H3. The molecule has 0 atom stereocenters. The van der Waals surface area contributed by atoms with Crippen molar-refractivity contribution in [2.75, 3.05) is 19.1 Å². The predicted molar refractivity (Wildman–Crippen MR) is 81.7 cm³/mol. The van der Waals surface area contributed by atoms with E-state index in [1.165, 1.54) is 18.4 Å². The lowest BCUT2D eigenvalue weighted by Crippen LogP contribution is -2.16. The summed E-state index contributed by atoms with van der Waals surface area (Å²) in [4.78, 5) is 18.5.